The van der Waals surface area contributed by atoms with E-state index in [1.807, 2.05) is 0 Å². The second kappa shape index (κ2) is 8.91. The molecule has 5 nitrogen and oxygen atoms in total. The van der Waals surface area contributed by atoms with Gasteiger partial charge < -0.3 is 5.32 Å². The minimum atomic E-state index is -3.77. The van der Waals surface area contributed by atoms with Crippen molar-refractivity contribution in [3.8, 4) is 23.5 Å². The SMILES string of the molecule is C#CC(C)(C)NS(=O)(=O)c1ccc(-c2ccc(NC(=O)c3ccc(F)c(F)c3)cc2)cc1. The van der Waals surface area contributed by atoms with Crippen LogP contribution in [0.5, 0.6) is 0 Å². The highest BCUT2D eigenvalue weighted by Gasteiger charge is 2.24. The van der Waals surface area contributed by atoms with Crippen LogP contribution in [0.25, 0.3) is 11.1 Å². The third kappa shape index (κ3) is 5.38. The van der Waals surface area contributed by atoms with E-state index in [2.05, 4.69) is 16.0 Å². The van der Waals surface area contributed by atoms with Gasteiger partial charge in [-0.25, -0.2) is 17.2 Å². The van der Waals surface area contributed by atoms with Gasteiger partial charge in [-0.05, 0) is 67.4 Å². The largest absolute Gasteiger partial charge is 0.322 e. The third-order valence-corrected chi connectivity index (χ3v) is 6.24. The van der Waals surface area contributed by atoms with E-state index in [4.69, 9.17) is 6.42 Å². The molecule has 2 N–H and O–H groups in total. The zero-order valence-corrected chi connectivity index (χ0v) is 18.1. The fourth-order valence-electron chi connectivity index (χ4n) is 2.84. The molecular formula is C24H20F2N2O3S. The predicted molar refractivity (Wildman–Crippen MR) is 119 cm³/mol. The van der Waals surface area contributed by atoms with Crippen LogP contribution < -0.4 is 10.0 Å². The first kappa shape index (κ1) is 23.1. The molecule has 0 saturated carbocycles. The van der Waals surface area contributed by atoms with Crippen molar-refractivity contribution in [2.45, 2.75) is 24.3 Å². The summed E-state index contributed by atoms with van der Waals surface area (Å²) >= 11 is 0. The van der Waals surface area contributed by atoms with E-state index in [0.717, 1.165) is 23.3 Å². The molecule has 0 radical (unpaired) electrons. The average Bonchev–Trinajstić information content (AvgIpc) is 2.75. The minimum absolute atomic E-state index is 0.00797. The van der Waals surface area contributed by atoms with E-state index >= 15 is 0 Å². The first-order valence-corrected chi connectivity index (χ1v) is 11.0. The number of hydrogen-bond donors (Lipinski definition) is 2. The van der Waals surface area contributed by atoms with Gasteiger partial charge >= 0.3 is 0 Å². The molecule has 3 aromatic carbocycles. The first-order chi connectivity index (χ1) is 15.0. The molecule has 0 heterocycles. The Morgan fingerprint density at radius 1 is 0.906 bits per heavy atom. The molecule has 3 aromatic rings. The monoisotopic (exact) mass is 454 g/mol. The molecule has 0 unspecified atom stereocenters. The van der Waals surface area contributed by atoms with Crippen molar-refractivity contribution in [1.29, 1.82) is 0 Å². The van der Waals surface area contributed by atoms with E-state index in [9.17, 15) is 22.0 Å². The predicted octanol–water partition coefficient (Wildman–Crippen LogP) is 4.57. The molecule has 0 fully saturated rings. The molecule has 0 aromatic heterocycles. The molecule has 0 aliphatic rings. The smallest absolute Gasteiger partial charge is 0.255 e. The molecule has 164 valence electrons. The van der Waals surface area contributed by atoms with Crippen LogP contribution in [0.3, 0.4) is 0 Å². The van der Waals surface area contributed by atoms with Gasteiger partial charge in [0.2, 0.25) is 10.0 Å². The Bertz CT molecular complexity index is 1290. The molecular weight excluding hydrogens is 434 g/mol. The Morgan fingerprint density at radius 2 is 1.47 bits per heavy atom. The van der Waals surface area contributed by atoms with E-state index in [1.54, 1.807) is 50.2 Å². The number of sulfonamides is 1. The highest BCUT2D eigenvalue weighted by Crippen LogP contribution is 2.24. The van der Waals surface area contributed by atoms with Gasteiger partial charge in [0.25, 0.3) is 5.91 Å². The zero-order chi connectivity index (χ0) is 23.5. The summed E-state index contributed by atoms with van der Waals surface area (Å²) in [6, 6.07) is 16.0. The Kier molecular flexibility index (Phi) is 6.44. The van der Waals surface area contributed by atoms with E-state index in [-0.39, 0.29) is 10.5 Å². The zero-order valence-electron chi connectivity index (χ0n) is 17.3. The summed E-state index contributed by atoms with van der Waals surface area (Å²) in [6.07, 6.45) is 5.34. The van der Waals surface area contributed by atoms with Crippen molar-refractivity contribution in [3.63, 3.8) is 0 Å². The number of rotatable bonds is 6. The van der Waals surface area contributed by atoms with Crippen molar-refractivity contribution in [2.24, 2.45) is 0 Å². The fourth-order valence-corrected chi connectivity index (χ4v) is 4.18. The van der Waals surface area contributed by atoms with E-state index in [1.165, 1.54) is 18.2 Å². The van der Waals surface area contributed by atoms with Gasteiger partial charge in [-0.3, -0.25) is 4.79 Å². The minimum Gasteiger partial charge on any atom is -0.322 e. The maximum atomic E-state index is 13.3. The van der Waals surface area contributed by atoms with Crippen LogP contribution in [-0.4, -0.2) is 19.9 Å². The van der Waals surface area contributed by atoms with E-state index < -0.39 is 33.1 Å². The highest BCUT2D eigenvalue weighted by atomic mass is 32.2. The van der Waals surface area contributed by atoms with Crippen LogP contribution in [0.2, 0.25) is 0 Å². The first-order valence-electron chi connectivity index (χ1n) is 9.49. The van der Waals surface area contributed by atoms with Crippen LogP contribution in [0, 0.1) is 24.0 Å². The lowest BCUT2D eigenvalue weighted by molar-refractivity contribution is 0.102. The molecule has 0 saturated heterocycles. The number of terminal acetylenes is 1. The summed E-state index contributed by atoms with van der Waals surface area (Å²) in [7, 11) is -3.77. The molecule has 0 atom stereocenters. The number of carbonyl (C=O) groups excluding carboxylic acids is 1. The summed E-state index contributed by atoms with van der Waals surface area (Å²) in [5, 5.41) is 2.61. The van der Waals surface area contributed by atoms with Crippen LogP contribution in [-0.2, 0) is 10.0 Å². The van der Waals surface area contributed by atoms with Gasteiger partial charge in [-0.2, -0.15) is 4.72 Å². The molecule has 1 amide bonds. The van der Waals surface area contributed by atoms with Gasteiger partial charge in [0.1, 0.15) is 0 Å². The number of benzene rings is 3. The Labute approximate surface area is 185 Å². The van der Waals surface area contributed by atoms with Crippen molar-refractivity contribution in [2.75, 3.05) is 5.32 Å². The lowest BCUT2D eigenvalue weighted by Gasteiger charge is -2.19. The third-order valence-electron chi connectivity index (χ3n) is 4.57. The molecule has 0 aliphatic heterocycles. The quantitative estimate of drug-likeness (QED) is 0.536. The lowest BCUT2D eigenvalue weighted by Crippen LogP contribution is -2.41. The summed E-state index contributed by atoms with van der Waals surface area (Å²) < 4.78 is 53.7. The van der Waals surface area contributed by atoms with Crippen molar-refractivity contribution >= 4 is 21.6 Å². The molecule has 0 aliphatic carbocycles. The Morgan fingerprint density at radius 3 is 2.00 bits per heavy atom. The highest BCUT2D eigenvalue weighted by molar-refractivity contribution is 7.89. The van der Waals surface area contributed by atoms with Crippen LogP contribution in [0.4, 0.5) is 14.5 Å². The number of halogens is 2. The summed E-state index contributed by atoms with van der Waals surface area (Å²) in [4.78, 5) is 12.3. The second-order valence-electron chi connectivity index (χ2n) is 7.56. The fraction of sp³-hybridized carbons (Fsp3) is 0.125. The number of nitrogens with one attached hydrogen (secondary N) is 2. The molecule has 8 heteroatoms. The number of hydrogen-bond acceptors (Lipinski definition) is 3. The number of carbonyl (C=O) groups is 1. The summed E-state index contributed by atoms with van der Waals surface area (Å²) in [5.74, 6) is -0.320. The van der Waals surface area contributed by atoms with Gasteiger partial charge in [-0.15, -0.1) is 6.42 Å². The molecule has 3 rings (SSSR count). The van der Waals surface area contributed by atoms with Crippen molar-refractivity contribution in [1.82, 2.24) is 4.72 Å². The summed E-state index contributed by atoms with van der Waals surface area (Å²) in [6.45, 7) is 3.18. The van der Waals surface area contributed by atoms with Gasteiger partial charge in [0.15, 0.2) is 11.6 Å². The van der Waals surface area contributed by atoms with E-state index in [0.29, 0.717) is 5.69 Å². The number of amides is 1. The van der Waals surface area contributed by atoms with Crippen molar-refractivity contribution < 1.29 is 22.0 Å². The second-order valence-corrected chi connectivity index (χ2v) is 9.24. The van der Waals surface area contributed by atoms with Crippen molar-refractivity contribution in [3.05, 3.63) is 83.9 Å². The maximum Gasteiger partial charge on any atom is 0.255 e. The molecule has 32 heavy (non-hydrogen) atoms. The Balaban J connectivity index is 1.73. The average molecular weight is 454 g/mol. The maximum absolute atomic E-state index is 13.3. The van der Waals surface area contributed by atoms with Crippen LogP contribution >= 0.6 is 0 Å². The molecule has 0 spiro atoms. The topological polar surface area (TPSA) is 75.3 Å². The van der Waals surface area contributed by atoms with Crippen LogP contribution in [0.15, 0.2) is 71.6 Å². The van der Waals surface area contributed by atoms with Gasteiger partial charge in [-0.1, -0.05) is 30.2 Å². The van der Waals surface area contributed by atoms with Crippen LogP contribution in [0.1, 0.15) is 24.2 Å². The lowest BCUT2D eigenvalue weighted by atomic mass is 10.1. The normalized spacial score (nSPS) is 11.6. The Hall–Kier alpha value is -3.54. The van der Waals surface area contributed by atoms with Gasteiger partial charge in [0, 0.05) is 11.3 Å². The standard InChI is InChI=1S/C24H20F2N2O3S/c1-4-24(2,3)28-32(30,31)20-12-7-17(8-13-20)16-5-10-19(11-6-16)27-23(29)18-9-14-21(25)22(26)15-18/h1,5-15,28H,2-3H3,(H,27,29). The summed E-state index contributed by atoms with van der Waals surface area (Å²) in [5.41, 5.74) is 0.988. The molecule has 0 bridgehead atoms. The van der Waals surface area contributed by atoms with Gasteiger partial charge in [0.05, 0.1) is 10.4 Å². The number of anilines is 1.